The van der Waals surface area contributed by atoms with Gasteiger partial charge in [0.1, 0.15) is 23.9 Å². The van der Waals surface area contributed by atoms with E-state index in [1.165, 1.54) is 0 Å². The van der Waals surface area contributed by atoms with Crippen LogP contribution in [0, 0.1) is 13.8 Å². The second-order valence-electron chi connectivity index (χ2n) is 10.4. The number of hydrogen-bond donors (Lipinski definition) is 1. The number of rotatable bonds is 8. The molecule has 0 aliphatic heterocycles. The number of ether oxygens (including phenoxy) is 1. The molecule has 8 heteroatoms. The average Bonchev–Trinajstić information content (AvgIpc) is 3.27. The lowest BCUT2D eigenvalue weighted by atomic mass is 9.98. The Balaban J connectivity index is 1.85. The molecule has 4 rings (SSSR count). The predicted octanol–water partition coefficient (Wildman–Crippen LogP) is 5.14. The number of fused-ring (bicyclic) bond motifs is 1. The Morgan fingerprint density at radius 2 is 1.71 bits per heavy atom. The molecule has 1 atom stereocenters. The van der Waals surface area contributed by atoms with E-state index in [9.17, 15) is 9.59 Å². The lowest BCUT2D eigenvalue weighted by molar-refractivity contribution is -0.128. The molecule has 198 valence electrons. The Kier molecular flexibility index (Phi) is 7.80. The molecular weight excluding hydrogens is 478 g/mol. The summed E-state index contributed by atoms with van der Waals surface area (Å²) in [6.07, 6.45) is 0. The molecule has 0 spiro atoms. The molecular formula is C30H35N5O3. The molecule has 3 aromatic carbocycles. The monoisotopic (exact) mass is 513 g/mol. The van der Waals surface area contributed by atoms with E-state index in [1.54, 1.807) is 9.58 Å². The highest BCUT2D eigenvalue weighted by Crippen LogP contribution is 2.33. The molecule has 4 aromatic rings. The van der Waals surface area contributed by atoms with E-state index in [2.05, 4.69) is 15.6 Å². The van der Waals surface area contributed by atoms with Gasteiger partial charge in [-0.15, -0.1) is 5.10 Å². The standard InChI is InChI=1S/C30H35N5O3/c1-7-38-23-17-15-22(16-18-23)28(29(37)31-30(4,5)6)35(25-14-10-11-20(2)21(25)3)27(36)19-34-26-13-9-8-12-24(26)32-33-34/h8-18,28H,7,19H2,1-6H3,(H,31,37)/t28-/m0/s1. The van der Waals surface area contributed by atoms with Crippen LogP contribution in [-0.2, 0) is 16.1 Å². The maximum Gasteiger partial charge on any atom is 0.249 e. The number of aromatic nitrogens is 3. The second-order valence-corrected chi connectivity index (χ2v) is 10.4. The van der Waals surface area contributed by atoms with Crippen molar-refractivity contribution < 1.29 is 14.3 Å². The van der Waals surface area contributed by atoms with E-state index in [-0.39, 0.29) is 18.4 Å². The SMILES string of the molecule is CCOc1ccc([C@@H](C(=O)NC(C)(C)C)N(C(=O)Cn2nnc3ccccc32)c2cccc(C)c2C)cc1. The Bertz CT molecular complexity index is 1440. The number of amides is 2. The summed E-state index contributed by atoms with van der Waals surface area (Å²) >= 11 is 0. The summed E-state index contributed by atoms with van der Waals surface area (Å²) in [6, 6.07) is 19.7. The molecule has 0 saturated heterocycles. The molecule has 0 saturated carbocycles. The van der Waals surface area contributed by atoms with E-state index in [1.807, 2.05) is 108 Å². The summed E-state index contributed by atoms with van der Waals surface area (Å²) in [5, 5.41) is 11.5. The highest BCUT2D eigenvalue weighted by molar-refractivity contribution is 6.02. The first-order valence-corrected chi connectivity index (χ1v) is 12.8. The summed E-state index contributed by atoms with van der Waals surface area (Å²) in [4.78, 5) is 29.7. The van der Waals surface area contributed by atoms with Gasteiger partial charge in [0.05, 0.1) is 12.1 Å². The van der Waals surface area contributed by atoms with Gasteiger partial charge in [0.25, 0.3) is 0 Å². The lowest BCUT2D eigenvalue weighted by Crippen LogP contribution is -2.50. The summed E-state index contributed by atoms with van der Waals surface area (Å²) in [6.45, 7) is 12.1. The minimum Gasteiger partial charge on any atom is -0.494 e. The van der Waals surface area contributed by atoms with Crippen LogP contribution in [0.1, 0.15) is 50.4 Å². The lowest BCUT2D eigenvalue weighted by Gasteiger charge is -2.35. The number of nitrogens with zero attached hydrogens (tertiary/aromatic N) is 4. The third kappa shape index (κ3) is 5.85. The fourth-order valence-corrected chi connectivity index (χ4v) is 4.42. The molecule has 0 unspecified atom stereocenters. The fourth-order valence-electron chi connectivity index (χ4n) is 4.42. The van der Waals surface area contributed by atoms with E-state index in [4.69, 9.17) is 4.74 Å². The van der Waals surface area contributed by atoms with Gasteiger partial charge in [-0.25, -0.2) is 4.68 Å². The normalized spacial score (nSPS) is 12.3. The van der Waals surface area contributed by atoms with Crippen LogP contribution in [0.4, 0.5) is 5.69 Å². The van der Waals surface area contributed by atoms with E-state index < -0.39 is 11.6 Å². The van der Waals surface area contributed by atoms with Crippen LogP contribution in [0.25, 0.3) is 11.0 Å². The fraction of sp³-hybridized carbons (Fsp3) is 0.333. The van der Waals surface area contributed by atoms with Gasteiger partial charge in [0.15, 0.2) is 0 Å². The van der Waals surface area contributed by atoms with Gasteiger partial charge in [-0.05, 0) is 88.6 Å². The largest absolute Gasteiger partial charge is 0.494 e. The van der Waals surface area contributed by atoms with Gasteiger partial charge in [-0.1, -0.05) is 41.6 Å². The topological polar surface area (TPSA) is 89.4 Å². The molecule has 0 aliphatic rings. The van der Waals surface area contributed by atoms with E-state index in [0.717, 1.165) is 16.6 Å². The minimum atomic E-state index is -0.923. The molecule has 1 aromatic heterocycles. The van der Waals surface area contributed by atoms with Crippen molar-refractivity contribution in [3.63, 3.8) is 0 Å². The van der Waals surface area contributed by atoms with Gasteiger partial charge in [-0.3, -0.25) is 14.5 Å². The van der Waals surface area contributed by atoms with Crippen molar-refractivity contribution in [1.82, 2.24) is 20.3 Å². The quantitative estimate of drug-likeness (QED) is 0.353. The van der Waals surface area contributed by atoms with E-state index in [0.29, 0.717) is 29.1 Å². The smallest absolute Gasteiger partial charge is 0.249 e. The number of para-hydroxylation sites is 1. The Morgan fingerprint density at radius 1 is 1.00 bits per heavy atom. The van der Waals surface area contributed by atoms with E-state index >= 15 is 0 Å². The predicted molar refractivity (Wildman–Crippen MR) is 149 cm³/mol. The molecule has 1 N–H and O–H groups in total. The number of benzene rings is 3. The van der Waals surface area contributed by atoms with Crippen LogP contribution in [-0.4, -0.2) is 39.0 Å². The maximum atomic E-state index is 14.2. The third-order valence-corrected chi connectivity index (χ3v) is 6.32. The molecule has 1 heterocycles. The van der Waals surface area contributed by atoms with Crippen molar-refractivity contribution in [2.45, 2.75) is 59.7 Å². The molecule has 2 amide bonds. The van der Waals surface area contributed by atoms with Crippen molar-refractivity contribution in [3.05, 3.63) is 83.4 Å². The van der Waals surface area contributed by atoms with Crippen molar-refractivity contribution >= 4 is 28.5 Å². The number of aryl methyl sites for hydroxylation is 1. The minimum absolute atomic E-state index is 0.0791. The van der Waals surface area contributed by atoms with Crippen molar-refractivity contribution in [1.29, 1.82) is 0 Å². The van der Waals surface area contributed by atoms with Crippen LogP contribution in [0.3, 0.4) is 0 Å². The van der Waals surface area contributed by atoms with Gasteiger partial charge in [0, 0.05) is 11.2 Å². The van der Waals surface area contributed by atoms with Crippen LogP contribution >= 0.6 is 0 Å². The van der Waals surface area contributed by atoms with Gasteiger partial charge < -0.3 is 10.1 Å². The van der Waals surface area contributed by atoms with Gasteiger partial charge >= 0.3 is 0 Å². The third-order valence-electron chi connectivity index (χ3n) is 6.32. The molecule has 38 heavy (non-hydrogen) atoms. The Morgan fingerprint density at radius 3 is 2.39 bits per heavy atom. The summed E-state index contributed by atoms with van der Waals surface area (Å²) < 4.78 is 7.20. The molecule has 0 aliphatic carbocycles. The summed E-state index contributed by atoms with van der Waals surface area (Å²) in [5.74, 6) is 0.140. The molecule has 0 bridgehead atoms. The molecule has 0 radical (unpaired) electrons. The van der Waals surface area contributed by atoms with Crippen molar-refractivity contribution in [2.24, 2.45) is 0 Å². The number of carbonyl (C=O) groups excluding carboxylic acids is 2. The Hall–Kier alpha value is -4.20. The molecule has 8 nitrogen and oxygen atoms in total. The van der Waals surface area contributed by atoms with Gasteiger partial charge in [0.2, 0.25) is 11.8 Å². The zero-order valence-electron chi connectivity index (χ0n) is 22.9. The first kappa shape index (κ1) is 26.9. The maximum absolute atomic E-state index is 14.2. The number of carbonyl (C=O) groups is 2. The first-order chi connectivity index (χ1) is 18.1. The van der Waals surface area contributed by atoms with Gasteiger partial charge in [-0.2, -0.15) is 0 Å². The first-order valence-electron chi connectivity index (χ1n) is 12.8. The van der Waals surface area contributed by atoms with Crippen molar-refractivity contribution in [2.75, 3.05) is 11.5 Å². The molecule has 0 fully saturated rings. The second kappa shape index (κ2) is 11.0. The summed E-state index contributed by atoms with van der Waals surface area (Å²) in [5.41, 5.74) is 4.23. The number of anilines is 1. The van der Waals surface area contributed by atoms with Crippen LogP contribution < -0.4 is 15.0 Å². The Labute approximate surface area is 223 Å². The highest BCUT2D eigenvalue weighted by Gasteiger charge is 2.35. The van der Waals surface area contributed by atoms with Crippen LogP contribution in [0.5, 0.6) is 5.75 Å². The zero-order chi connectivity index (χ0) is 27.4. The zero-order valence-corrected chi connectivity index (χ0v) is 22.9. The van der Waals surface area contributed by atoms with Crippen molar-refractivity contribution in [3.8, 4) is 5.75 Å². The average molecular weight is 514 g/mol. The highest BCUT2D eigenvalue weighted by atomic mass is 16.5. The summed E-state index contributed by atoms with van der Waals surface area (Å²) in [7, 11) is 0. The number of nitrogens with one attached hydrogen (secondary N) is 1. The van der Waals surface area contributed by atoms with Crippen LogP contribution in [0.15, 0.2) is 66.7 Å². The van der Waals surface area contributed by atoms with Crippen LogP contribution in [0.2, 0.25) is 0 Å². The number of hydrogen-bond acceptors (Lipinski definition) is 5.